The van der Waals surface area contributed by atoms with E-state index in [1.54, 1.807) is 47.2 Å². The fraction of sp³-hybridized carbons (Fsp3) is 0.235. The van der Waals surface area contributed by atoms with Gasteiger partial charge >= 0.3 is 0 Å². The molecule has 4 aromatic carbocycles. The average molecular weight is 639 g/mol. The van der Waals surface area contributed by atoms with Crippen molar-refractivity contribution in [3.8, 4) is 5.75 Å². The maximum absolute atomic E-state index is 14.1. The number of benzene rings is 4. The standard InChI is InChI=1S/C34H33F3N2O5S/c1-22(2)19-31(25-13-16-26(35)17-14-25)38-34(41)28-20-23(21-44-27-7-4-3-5-8-27)11-12-24(28)15-18-32(40)39-45(42,43)33-29(36)9-6-10-30(33)37/h3-14,16-17,20,22,31H,15,18-19,21H2,1-2H3,(H,38,41)(H,39,40). The normalized spacial score (nSPS) is 12.0. The smallest absolute Gasteiger partial charge is 0.269 e. The second kappa shape index (κ2) is 14.9. The van der Waals surface area contributed by atoms with Crippen LogP contribution in [0, 0.1) is 23.4 Å². The van der Waals surface area contributed by atoms with Gasteiger partial charge < -0.3 is 10.1 Å². The Balaban J connectivity index is 1.57. The highest BCUT2D eigenvalue weighted by Gasteiger charge is 2.26. The van der Waals surface area contributed by atoms with Gasteiger partial charge in [-0.25, -0.2) is 26.3 Å². The summed E-state index contributed by atoms with van der Waals surface area (Å²) in [5.41, 5.74) is 2.05. The molecule has 0 saturated carbocycles. The Hall–Kier alpha value is -4.64. The number of nitrogens with one attached hydrogen (secondary N) is 2. The van der Waals surface area contributed by atoms with E-state index >= 15 is 0 Å². The van der Waals surface area contributed by atoms with Gasteiger partial charge in [0.05, 0.1) is 6.04 Å². The molecule has 0 bridgehead atoms. The first kappa shape index (κ1) is 33.3. The van der Waals surface area contributed by atoms with Crippen molar-refractivity contribution in [3.05, 3.63) is 131 Å². The van der Waals surface area contributed by atoms with Crippen LogP contribution in [-0.4, -0.2) is 20.2 Å². The maximum Gasteiger partial charge on any atom is 0.269 e. The molecule has 4 rings (SSSR count). The fourth-order valence-corrected chi connectivity index (χ4v) is 5.90. The number of sulfonamides is 1. The number of carbonyl (C=O) groups excluding carboxylic acids is 2. The number of carbonyl (C=O) groups is 2. The van der Waals surface area contributed by atoms with Crippen LogP contribution in [0.1, 0.15) is 59.8 Å². The van der Waals surface area contributed by atoms with E-state index in [-0.39, 0.29) is 24.5 Å². The van der Waals surface area contributed by atoms with Gasteiger partial charge in [0.2, 0.25) is 5.91 Å². The molecule has 11 heteroatoms. The van der Waals surface area contributed by atoms with Crippen LogP contribution in [0.15, 0.2) is 95.9 Å². The van der Waals surface area contributed by atoms with Gasteiger partial charge in [-0.2, -0.15) is 0 Å². The quantitative estimate of drug-likeness (QED) is 0.171. The van der Waals surface area contributed by atoms with Crippen LogP contribution in [0.4, 0.5) is 13.2 Å². The van der Waals surface area contributed by atoms with Crippen LogP contribution in [-0.2, 0) is 27.8 Å². The van der Waals surface area contributed by atoms with Crippen LogP contribution in [0.5, 0.6) is 5.75 Å². The molecule has 0 aliphatic heterocycles. The number of rotatable bonds is 13. The number of hydrogen-bond acceptors (Lipinski definition) is 5. The predicted molar refractivity (Wildman–Crippen MR) is 163 cm³/mol. The van der Waals surface area contributed by atoms with Crippen molar-refractivity contribution in [1.29, 1.82) is 0 Å². The minimum atomic E-state index is -4.83. The second-order valence-corrected chi connectivity index (χ2v) is 12.5. The molecule has 2 N–H and O–H groups in total. The highest BCUT2D eigenvalue weighted by Crippen LogP contribution is 2.24. The summed E-state index contributed by atoms with van der Waals surface area (Å²) >= 11 is 0. The molecule has 45 heavy (non-hydrogen) atoms. The molecule has 0 radical (unpaired) electrons. The van der Waals surface area contributed by atoms with Crippen molar-refractivity contribution < 1.29 is 35.9 Å². The molecule has 2 amide bonds. The largest absolute Gasteiger partial charge is 0.489 e. The predicted octanol–water partition coefficient (Wildman–Crippen LogP) is 6.64. The zero-order valence-corrected chi connectivity index (χ0v) is 25.5. The van der Waals surface area contributed by atoms with Gasteiger partial charge in [-0.3, -0.25) is 9.59 Å². The van der Waals surface area contributed by atoms with E-state index < -0.39 is 56.6 Å². The Morgan fingerprint density at radius 2 is 1.51 bits per heavy atom. The Kier molecular flexibility index (Phi) is 11.0. The lowest BCUT2D eigenvalue weighted by Gasteiger charge is -2.22. The van der Waals surface area contributed by atoms with Crippen LogP contribution in [0.3, 0.4) is 0 Å². The van der Waals surface area contributed by atoms with E-state index in [9.17, 15) is 31.2 Å². The zero-order valence-electron chi connectivity index (χ0n) is 24.7. The Morgan fingerprint density at radius 1 is 0.844 bits per heavy atom. The minimum absolute atomic E-state index is 0.0604. The van der Waals surface area contributed by atoms with Crippen LogP contribution in [0.2, 0.25) is 0 Å². The summed E-state index contributed by atoms with van der Waals surface area (Å²) in [6.45, 7) is 4.13. The summed E-state index contributed by atoms with van der Waals surface area (Å²) < 4.78 is 74.4. The van der Waals surface area contributed by atoms with Gasteiger partial charge in [0, 0.05) is 12.0 Å². The number of amides is 2. The molecule has 1 unspecified atom stereocenters. The first-order valence-corrected chi connectivity index (χ1v) is 15.8. The van der Waals surface area contributed by atoms with Gasteiger partial charge in [-0.1, -0.05) is 62.4 Å². The molecule has 236 valence electrons. The lowest BCUT2D eigenvalue weighted by atomic mass is 9.95. The summed E-state index contributed by atoms with van der Waals surface area (Å²) in [5, 5.41) is 3.02. The summed E-state index contributed by atoms with van der Waals surface area (Å²) in [5.74, 6) is -3.72. The zero-order chi connectivity index (χ0) is 32.6. The van der Waals surface area contributed by atoms with E-state index in [4.69, 9.17) is 4.74 Å². The van der Waals surface area contributed by atoms with Crippen LogP contribution < -0.4 is 14.8 Å². The average Bonchev–Trinajstić information content (AvgIpc) is 2.99. The monoisotopic (exact) mass is 638 g/mol. The molecule has 0 fully saturated rings. The third-order valence-corrected chi connectivity index (χ3v) is 8.33. The fourth-order valence-electron chi connectivity index (χ4n) is 4.75. The molecule has 0 aliphatic carbocycles. The Labute approximate surface area is 260 Å². The number of aryl methyl sites for hydroxylation is 1. The molecule has 0 heterocycles. The van der Waals surface area contributed by atoms with E-state index in [0.717, 1.165) is 18.2 Å². The van der Waals surface area contributed by atoms with Gasteiger partial charge in [0.15, 0.2) is 4.90 Å². The van der Waals surface area contributed by atoms with Crippen LogP contribution >= 0.6 is 0 Å². The molecule has 0 saturated heterocycles. The number of hydrogen-bond donors (Lipinski definition) is 2. The molecular weight excluding hydrogens is 605 g/mol. The number of para-hydroxylation sites is 1. The molecule has 4 aromatic rings. The summed E-state index contributed by atoms with van der Waals surface area (Å²) in [4.78, 5) is 25.2. The third-order valence-electron chi connectivity index (χ3n) is 6.91. The topological polar surface area (TPSA) is 102 Å². The molecule has 7 nitrogen and oxygen atoms in total. The highest BCUT2D eigenvalue weighted by molar-refractivity contribution is 7.90. The lowest BCUT2D eigenvalue weighted by Crippen LogP contribution is -2.32. The van der Waals surface area contributed by atoms with Crippen molar-refractivity contribution in [2.75, 3.05) is 0 Å². The van der Waals surface area contributed by atoms with Gasteiger partial charge in [0.25, 0.3) is 15.9 Å². The highest BCUT2D eigenvalue weighted by atomic mass is 32.2. The van der Waals surface area contributed by atoms with Crippen molar-refractivity contribution in [2.24, 2.45) is 5.92 Å². The molecule has 0 aromatic heterocycles. The molecule has 0 spiro atoms. The van der Waals surface area contributed by atoms with E-state index in [0.29, 0.717) is 28.9 Å². The van der Waals surface area contributed by atoms with Crippen molar-refractivity contribution in [1.82, 2.24) is 10.0 Å². The lowest BCUT2D eigenvalue weighted by molar-refractivity contribution is -0.119. The Bertz CT molecular complexity index is 1730. The first-order chi connectivity index (χ1) is 21.4. The van der Waals surface area contributed by atoms with E-state index in [1.165, 1.54) is 12.1 Å². The van der Waals surface area contributed by atoms with E-state index in [1.807, 2.05) is 32.0 Å². The number of halogens is 3. The third kappa shape index (κ3) is 9.18. The van der Waals surface area contributed by atoms with Crippen molar-refractivity contribution >= 4 is 21.8 Å². The Morgan fingerprint density at radius 3 is 2.16 bits per heavy atom. The second-order valence-electron chi connectivity index (χ2n) is 10.9. The minimum Gasteiger partial charge on any atom is -0.489 e. The maximum atomic E-state index is 14.1. The molecule has 1 atom stereocenters. The summed E-state index contributed by atoms with van der Waals surface area (Å²) in [7, 11) is -4.83. The van der Waals surface area contributed by atoms with Crippen molar-refractivity contribution in [3.63, 3.8) is 0 Å². The SMILES string of the molecule is CC(C)CC(NC(=O)c1cc(COc2ccccc2)ccc1CCC(=O)NS(=O)(=O)c1c(F)cccc1F)c1ccc(F)cc1. The molecule has 0 aliphatic rings. The summed E-state index contributed by atoms with van der Waals surface area (Å²) in [6.07, 6.45) is 0.105. The molecular formula is C34H33F3N2O5S. The first-order valence-electron chi connectivity index (χ1n) is 14.3. The van der Waals surface area contributed by atoms with E-state index in [2.05, 4.69) is 5.32 Å². The van der Waals surface area contributed by atoms with Crippen LogP contribution in [0.25, 0.3) is 0 Å². The summed E-state index contributed by atoms with van der Waals surface area (Å²) in [6, 6.07) is 22.1. The van der Waals surface area contributed by atoms with Crippen molar-refractivity contribution in [2.45, 2.75) is 50.7 Å². The van der Waals surface area contributed by atoms with Gasteiger partial charge in [0.1, 0.15) is 29.8 Å². The number of ether oxygens (including phenoxy) is 1. The van der Waals surface area contributed by atoms with Gasteiger partial charge in [-0.05, 0) is 77.9 Å². The van der Waals surface area contributed by atoms with Gasteiger partial charge in [-0.15, -0.1) is 0 Å².